The summed E-state index contributed by atoms with van der Waals surface area (Å²) in [4.78, 5) is 23.6. The minimum atomic E-state index is -1.47. The third kappa shape index (κ3) is 3.73. The average molecular weight is 280 g/mol. The van der Waals surface area contributed by atoms with Gasteiger partial charge in [-0.25, -0.2) is 9.59 Å². The number of carbonyl (C=O) groups is 2. The van der Waals surface area contributed by atoms with Gasteiger partial charge in [0, 0.05) is 0 Å². The van der Waals surface area contributed by atoms with Crippen LogP contribution in [0.1, 0.15) is 49.9 Å². The molecule has 0 bridgehead atoms. The summed E-state index contributed by atoms with van der Waals surface area (Å²) in [6.45, 7) is 3.70. The summed E-state index contributed by atoms with van der Waals surface area (Å²) in [6.07, 6.45) is 1.77. The van der Waals surface area contributed by atoms with Crippen molar-refractivity contribution < 1.29 is 24.5 Å². The van der Waals surface area contributed by atoms with Crippen molar-refractivity contribution in [2.45, 2.75) is 45.1 Å². The Hall–Kier alpha value is -2.04. The van der Waals surface area contributed by atoms with Gasteiger partial charge in [0.25, 0.3) is 0 Å². The Morgan fingerprint density at radius 3 is 2.00 bits per heavy atom. The second kappa shape index (κ2) is 6.93. The molecule has 0 aromatic heterocycles. The van der Waals surface area contributed by atoms with Crippen LogP contribution in [0.5, 0.6) is 5.75 Å². The third-order valence-electron chi connectivity index (χ3n) is 3.09. The van der Waals surface area contributed by atoms with E-state index in [0.717, 1.165) is 0 Å². The summed E-state index contributed by atoms with van der Waals surface area (Å²) in [7, 11) is 0. The quantitative estimate of drug-likeness (QED) is 0.750. The van der Waals surface area contributed by atoms with Gasteiger partial charge in [-0.3, -0.25) is 0 Å². The SMILES string of the molecule is CCCC(CCC)(OC(=O)c1ccc(O)cc1)C(=O)O. The summed E-state index contributed by atoms with van der Waals surface area (Å²) in [6, 6.07) is 5.53. The van der Waals surface area contributed by atoms with Crippen molar-refractivity contribution in [1.82, 2.24) is 0 Å². The molecule has 0 saturated carbocycles. The number of aromatic hydroxyl groups is 1. The first kappa shape index (κ1) is 16.0. The van der Waals surface area contributed by atoms with Crippen LogP contribution >= 0.6 is 0 Å². The van der Waals surface area contributed by atoms with Crippen molar-refractivity contribution in [1.29, 1.82) is 0 Å². The van der Waals surface area contributed by atoms with Crippen molar-refractivity contribution in [2.75, 3.05) is 0 Å². The first-order chi connectivity index (χ1) is 9.45. The summed E-state index contributed by atoms with van der Waals surface area (Å²) >= 11 is 0. The Kier molecular flexibility index (Phi) is 5.55. The predicted octanol–water partition coefficient (Wildman–Crippen LogP) is 2.97. The Balaban J connectivity index is 2.96. The fraction of sp³-hybridized carbons (Fsp3) is 0.467. The fourth-order valence-electron chi connectivity index (χ4n) is 2.13. The number of carboxylic acid groups (broad SMARTS) is 1. The largest absolute Gasteiger partial charge is 0.508 e. The number of phenols is 1. The molecular weight excluding hydrogens is 260 g/mol. The summed E-state index contributed by atoms with van der Waals surface area (Å²) in [5, 5.41) is 18.6. The van der Waals surface area contributed by atoms with Crippen LogP contribution in [-0.4, -0.2) is 27.8 Å². The van der Waals surface area contributed by atoms with Gasteiger partial charge < -0.3 is 14.9 Å². The topological polar surface area (TPSA) is 83.8 Å². The molecule has 0 aliphatic carbocycles. The van der Waals surface area contributed by atoms with Crippen molar-refractivity contribution >= 4 is 11.9 Å². The zero-order valence-electron chi connectivity index (χ0n) is 11.8. The zero-order chi connectivity index (χ0) is 15.2. The number of benzene rings is 1. The Morgan fingerprint density at radius 2 is 1.60 bits per heavy atom. The number of carboxylic acids is 1. The van der Waals surface area contributed by atoms with E-state index in [2.05, 4.69) is 0 Å². The molecule has 20 heavy (non-hydrogen) atoms. The number of aliphatic carboxylic acids is 1. The molecule has 0 fully saturated rings. The predicted molar refractivity (Wildman–Crippen MR) is 73.7 cm³/mol. The smallest absolute Gasteiger partial charge is 0.348 e. The van der Waals surface area contributed by atoms with Crippen LogP contribution in [0.15, 0.2) is 24.3 Å². The Bertz CT molecular complexity index is 458. The minimum Gasteiger partial charge on any atom is -0.508 e. The van der Waals surface area contributed by atoms with E-state index in [9.17, 15) is 19.8 Å². The normalized spacial score (nSPS) is 11.1. The molecule has 0 unspecified atom stereocenters. The summed E-state index contributed by atoms with van der Waals surface area (Å²) in [5.74, 6) is -1.77. The molecule has 0 amide bonds. The molecule has 5 nitrogen and oxygen atoms in total. The highest BCUT2D eigenvalue weighted by Crippen LogP contribution is 2.26. The maximum atomic E-state index is 12.1. The lowest BCUT2D eigenvalue weighted by Crippen LogP contribution is -2.43. The van der Waals surface area contributed by atoms with Gasteiger partial charge in [-0.2, -0.15) is 0 Å². The van der Waals surface area contributed by atoms with Gasteiger partial charge in [0.2, 0.25) is 5.60 Å². The maximum Gasteiger partial charge on any atom is 0.348 e. The van der Waals surface area contributed by atoms with Gasteiger partial charge in [0.1, 0.15) is 5.75 Å². The molecule has 0 saturated heterocycles. The highest BCUT2D eigenvalue weighted by molar-refractivity contribution is 5.92. The van der Waals surface area contributed by atoms with E-state index in [0.29, 0.717) is 12.8 Å². The van der Waals surface area contributed by atoms with Gasteiger partial charge >= 0.3 is 11.9 Å². The molecule has 0 heterocycles. The summed E-state index contributed by atoms with van der Waals surface area (Å²) < 4.78 is 5.29. The van der Waals surface area contributed by atoms with E-state index in [4.69, 9.17) is 4.74 Å². The van der Waals surface area contributed by atoms with E-state index >= 15 is 0 Å². The van der Waals surface area contributed by atoms with E-state index < -0.39 is 17.5 Å². The lowest BCUT2D eigenvalue weighted by molar-refractivity contribution is -0.161. The highest BCUT2D eigenvalue weighted by Gasteiger charge is 2.41. The Labute approximate surface area is 118 Å². The number of hydrogen-bond acceptors (Lipinski definition) is 4. The van der Waals surface area contributed by atoms with Crippen LogP contribution in [0.4, 0.5) is 0 Å². The van der Waals surface area contributed by atoms with Gasteiger partial charge in [-0.1, -0.05) is 26.7 Å². The van der Waals surface area contributed by atoms with Crippen LogP contribution in [0.3, 0.4) is 0 Å². The molecule has 1 rings (SSSR count). The summed E-state index contributed by atoms with van der Waals surface area (Å²) in [5.41, 5.74) is -1.25. The van der Waals surface area contributed by atoms with Crippen LogP contribution in [0.2, 0.25) is 0 Å². The lowest BCUT2D eigenvalue weighted by Gasteiger charge is -2.28. The van der Waals surface area contributed by atoms with Gasteiger partial charge in [0.05, 0.1) is 5.56 Å². The maximum absolute atomic E-state index is 12.1. The van der Waals surface area contributed by atoms with Crippen molar-refractivity contribution in [3.8, 4) is 5.75 Å². The molecule has 2 N–H and O–H groups in total. The van der Waals surface area contributed by atoms with Crippen LogP contribution in [0, 0.1) is 0 Å². The van der Waals surface area contributed by atoms with Crippen LogP contribution in [0.25, 0.3) is 0 Å². The van der Waals surface area contributed by atoms with E-state index in [1.807, 2.05) is 13.8 Å². The van der Waals surface area contributed by atoms with Gasteiger partial charge in [-0.05, 0) is 37.1 Å². The van der Waals surface area contributed by atoms with Crippen molar-refractivity contribution in [3.63, 3.8) is 0 Å². The molecule has 110 valence electrons. The van der Waals surface area contributed by atoms with E-state index in [1.54, 1.807) is 0 Å². The van der Waals surface area contributed by atoms with Crippen LogP contribution in [-0.2, 0) is 9.53 Å². The monoisotopic (exact) mass is 280 g/mol. The van der Waals surface area contributed by atoms with Gasteiger partial charge in [-0.15, -0.1) is 0 Å². The standard InChI is InChI=1S/C15H20O5/c1-3-9-15(10-4-2,14(18)19)20-13(17)11-5-7-12(16)8-6-11/h5-8,16H,3-4,9-10H2,1-2H3,(H,18,19). The van der Waals surface area contributed by atoms with Crippen LogP contribution < -0.4 is 0 Å². The number of rotatable bonds is 7. The van der Waals surface area contributed by atoms with Gasteiger partial charge in [0.15, 0.2) is 0 Å². The van der Waals surface area contributed by atoms with E-state index in [-0.39, 0.29) is 24.2 Å². The third-order valence-corrected chi connectivity index (χ3v) is 3.09. The molecule has 5 heteroatoms. The van der Waals surface area contributed by atoms with Crippen molar-refractivity contribution in [2.24, 2.45) is 0 Å². The zero-order valence-corrected chi connectivity index (χ0v) is 11.8. The minimum absolute atomic E-state index is 0.0353. The first-order valence-electron chi connectivity index (χ1n) is 6.71. The Morgan fingerprint density at radius 1 is 1.10 bits per heavy atom. The molecule has 1 aromatic rings. The molecular formula is C15H20O5. The number of esters is 1. The highest BCUT2D eigenvalue weighted by atomic mass is 16.6. The molecule has 0 aliphatic heterocycles. The molecule has 1 aromatic carbocycles. The lowest BCUT2D eigenvalue weighted by atomic mass is 9.92. The number of carbonyl (C=O) groups excluding carboxylic acids is 1. The van der Waals surface area contributed by atoms with Crippen molar-refractivity contribution in [3.05, 3.63) is 29.8 Å². The molecule has 0 aliphatic rings. The molecule has 0 radical (unpaired) electrons. The fourth-order valence-corrected chi connectivity index (χ4v) is 2.13. The molecule has 0 spiro atoms. The second-order valence-corrected chi connectivity index (χ2v) is 4.74. The molecule has 0 atom stereocenters. The first-order valence-corrected chi connectivity index (χ1v) is 6.71. The van der Waals surface area contributed by atoms with E-state index in [1.165, 1.54) is 24.3 Å². The second-order valence-electron chi connectivity index (χ2n) is 4.74. The number of ether oxygens (including phenoxy) is 1. The number of hydrogen-bond donors (Lipinski definition) is 2. The number of phenolic OH excluding ortho intramolecular Hbond substituents is 1. The average Bonchev–Trinajstić information content (AvgIpc) is 2.39.